The van der Waals surface area contributed by atoms with Crippen LogP contribution in [0.1, 0.15) is 33.5 Å². The van der Waals surface area contributed by atoms with E-state index in [0.29, 0.717) is 49.8 Å². The highest BCUT2D eigenvalue weighted by Crippen LogP contribution is 2.16. The van der Waals surface area contributed by atoms with Gasteiger partial charge in [0.05, 0.1) is 12.2 Å². The first-order valence-electron chi connectivity index (χ1n) is 8.19. The number of nitrogens with zero attached hydrogens (tertiary/aromatic N) is 4. The van der Waals surface area contributed by atoms with Crippen molar-refractivity contribution in [3.8, 4) is 0 Å². The van der Waals surface area contributed by atoms with E-state index in [2.05, 4.69) is 15.0 Å². The number of anilines is 1. The number of hydrogen-bond donors (Lipinski definition) is 0. The first-order valence-corrected chi connectivity index (χ1v) is 8.19. The summed E-state index contributed by atoms with van der Waals surface area (Å²) < 4.78 is 9.91. The van der Waals surface area contributed by atoms with Crippen LogP contribution in [0.5, 0.6) is 0 Å². The zero-order valence-electron chi connectivity index (χ0n) is 14.3. The fraction of sp³-hybridized carbons (Fsp3) is 0.412. The van der Waals surface area contributed by atoms with E-state index in [1.807, 2.05) is 0 Å². The molecule has 2 aromatic heterocycles. The van der Waals surface area contributed by atoms with Crippen LogP contribution in [0.15, 0.2) is 28.9 Å². The standard InChI is InChI=1S/C17H20N4O4/c1-3-24-17(23)13-4-5-15(18-11-13)20-6-8-21(9-7-20)16(22)14-10-12(2)25-19-14/h4-5,10-11H,3,6-9H2,1-2H3. The summed E-state index contributed by atoms with van der Waals surface area (Å²) in [6.45, 7) is 6.33. The molecule has 1 amide bonds. The summed E-state index contributed by atoms with van der Waals surface area (Å²) in [6, 6.07) is 5.14. The van der Waals surface area contributed by atoms with Crippen LogP contribution >= 0.6 is 0 Å². The van der Waals surface area contributed by atoms with E-state index < -0.39 is 0 Å². The smallest absolute Gasteiger partial charge is 0.339 e. The molecule has 0 unspecified atom stereocenters. The first kappa shape index (κ1) is 16.9. The van der Waals surface area contributed by atoms with E-state index in [-0.39, 0.29) is 11.9 Å². The second-order valence-corrected chi connectivity index (χ2v) is 5.73. The van der Waals surface area contributed by atoms with Gasteiger partial charge in [-0.2, -0.15) is 0 Å². The maximum absolute atomic E-state index is 12.4. The lowest BCUT2D eigenvalue weighted by Crippen LogP contribution is -2.49. The SMILES string of the molecule is CCOC(=O)c1ccc(N2CCN(C(=O)c3cc(C)on3)CC2)nc1. The topological polar surface area (TPSA) is 88.8 Å². The van der Waals surface area contributed by atoms with Gasteiger partial charge in [0.1, 0.15) is 11.6 Å². The molecule has 8 heteroatoms. The zero-order valence-corrected chi connectivity index (χ0v) is 14.3. The molecule has 1 fully saturated rings. The lowest BCUT2D eigenvalue weighted by atomic mass is 10.2. The quantitative estimate of drug-likeness (QED) is 0.777. The molecule has 1 saturated heterocycles. The van der Waals surface area contributed by atoms with Crippen molar-refractivity contribution in [3.05, 3.63) is 41.4 Å². The number of amides is 1. The van der Waals surface area contributed by atoms with Gasteiger partial charge in [-0.3, -0.25) is 4.79 Å². The van der Waals surface area contributed by atoms with Crippen LogP contribution in [0.3, 0.4) is 0 Å². The average Bonchev–Trinajstić information content (AvgIpc) is 3.08. The van der Waals surface area contributed by atoms with Gasteiger partial charge in [0.2, 0.25) is 0 Å². The van der Waals surface area contributed by atoms with E-state index in [4.69, 9.17) is 9.26 Å². The number of carbonyl (C=O) groups is 2. The molecule has 0 bridgehead atoms. The molecule has 0 radical (unpaired) electrons. The minimum Gasteiger partial charge on any atom is -0.462 e. The predicted octanol–water partition coefficient (Wildman–Crippen LogP) is 1.52. The molecule has 0 spiro atoms. The Kier molecular flexibility index (Phi) is 4.97. The summed E-state index contributed by atoms with van der Waals surface area (Å²) in [4.78, 5) is 32.2. The Balaban J connectivity index is 1.58. The molecule has 3 rings (SSSR count). The second-order valence-electron chi connectivity index (χ2n) is 5.73. The molecule has 0 aromatic carbocycles. The van der Waals surface area contributed by atoms with E-state index in [1.54, 1.807) is 36.9 Å². The molecule has 132 valence electrons. The van der Waals surface area contributed by atoms with Gasteiger partial charge in [-0.15, -0.1) is 0 Å². The van der Waals surface area contributed by atoms with Gasteiger partial charge in [-0.25, -0.2) is 9.78 Å². The minimum absolute atomic E-state index is 0.123. The summed E-state index contributed by atoms with van der Waals surface area (Å²) in [5.41, 5.74) is 0.767. The number of ether oxygens (including phenoxy) is 1. The highest BCUT2D eigenvalue weighted by atomic mass is 16.5. The Bertz CT molecular complexity index is 748. The molecule has 2 aromatic rings. The Hall–Kier alpha value is -2.90. The number of piperazine rings is 1. The van der Waals surface area contributed by atoms with Crippen molar-refractivity contribution in [2.75, 3.05) is 37.7 Å². The molecule has 0 aliphatic carbocycles. The summed E-state index contributed by atoms with van der Waals surface area (Å²) in [5, 5.41) is 3.77. The average molecular weight is 344 g/mol. The van der Waals surface area contributed by atoms with Crippen LogP contribution in [0, 0.1) is 6.92 Å². The molecule has 0 saturated carbocycles. The van der Waals surface area contributed by atoms with Crippen molar-refractivity contribution >= 4 is 17.7 Å². The summed E-state index contributed by atoms with van der Waals surface area (Å²) in [5.74, 6) is 0.896. The summed E-state index contributed by atoms with van der Waals surface area (Å²) in [6.07, 6.45) is 1.52. The number of rotatable bonds is 4. The third kappa shape index (κ3) is 3.78. The fourth-order valence-corrected chi connectivity index (χ4v) is 2.68. The normalized spacial score (nSPS) is 14.5. The highest BCUT2D eigenvalue weighted by molar-refractivity contribution is 5.92. The molecule has 1 aliphatic heterocycles. The van der Waals surface area contributed by atoms with Gasteiger partial charge < -0.3 is 19.1 Å². The highest BCUT2D eigenvalue weighted by Gasteiger charge is 2.24. The maximum atomic E-state index is 12.4. The Morgan fingerprint density at radius 2 is 2.00 bits per heavy atom. The van der Waals surface area contributed by atoms with Crippen LogP contribution in [0.4, 0.5) is 5.82 Å². The van der Waals surface area contributed by atoms with Crippen molar-refractivity contribution < 1.29 is 18.8 Å². The fourth-order valence-electron chi connectivity index (χ4n) is 2.68. The van der Waals surface area contributed by atoms with Gasteiger partial charge in [-0.05, 0) is 26.0 Å². The monoisotopic (exact) mass is 344 g/mol. The number of aryl methyl sites for hydroxylation is 1. The second kappa shape index (κ2) is 7.33. The molecule has 8 nitrogen and oxygen atoms in total. The van der Waals surface area contributed by atoms with Crippen LogP contribution in [-0.2, 0) is 4.74 Å². The summed E-state index contributed by atoms with van der Waals surface area (Å²) in [7, 11) is 0. The van der Waals surface area contributed by atoms with Crippen molar-refractivity contribution in [2.45, 2.75) is 13.8 Å². The number of pyridine rings is 1. The van der Waals surface area contributed by atoms with Crippen molar-refractivity contribution in [1.29, 1.82) is 0 Å². The lowest BCUT2D eigenvalue weighted by molar-refractivity contribution is 0.0525. The van der Waals surface area contributed by atoms with Crippen LogP contribution in [-0.4, -0.2) is 59.7 Å². The van der Waals surface area contributed by atoms with Crippen molar-refractivity contribution in [3.63, 3.8) is 0 Å². The van der Waals surface area contributed by atoms with Crippen LogP contribution < -0.4 is 4.90 Å². The molecule has 25 heavy (non-hydrogen) atoms. The largest absolute Gasteiger partial charge is 0.462 e. The van der Waals surface area contributed by atoms with Crippen molar-refractivity contribution in [1.82, 2.24) is 15.0 Å². The number of hydrogen-bond acceptors (Lipinski definition) is 7. The Morgan fingerprint density at radius 3 is 2.56 bits per heavy atom. The van der Waals surface area contributed by atoms with E-state index in [1.165, 1.54) is 6.20 Å². The Morgan fingerprint density at radius 1 is 1.24 bits per heavy atom. The predicted molar refractivity (Wildman–Crippen MR) is 89.6 cm³/mol. The molecular formula is C17H20N4O4. The van der Waals surface area contributed by atoms with E-state index >= 15 is 0 Å². The van der Waals surface area contributed by atoms with E-state index in [9.17, 15) is 9.59 Å². The lowest BCUT2D eigenvalue weighted by Gasteiger charge is -2.35. The number of esters is 1. The molecule has 1 aliphatic rings. The van der Waals surface area contributed by atoms with Crippen molar-refractivity contribution in [2.24, 2.45) is 0 Å². The van der Waals surface area contributed by atoms with Gasteiger partial charge in [0.25, 0.3) is 5.91 Å². The summed E-state index contributed by atoms with van der Waals surface area (Å²) >= 11 is 0. The zero-order chi connectivity index (χ0) is 17.8. The van der Waals surface area contributed by atoms with Crippen LogP contribution in [0.2, 0.25) is 0 Å². The first-order chi connectivity index (χ1) is 12.1. The minimum atomic E-state index is -0.375. The van der Waals surface area contributed by atoms with Gasteiger partial charge in [-0.1, -0.05) is 5.16 Å². The van der Waals surface area contributed by atoms with E-state index in [0.717, 1.165) is 5.82 Å². The Labute approximate surface area is 145 Å². The molecule has 3 heterocycles. The third-order valence-corrected chi connectivity index (χ3v) is 4.00. The van der Waals surface area contributed by atoms with Gasteiger partial charge in [0.15, 0.2) is 5.69 Å². The maximum Gasteiger partial charge on any atom is 0.339 e. The van der Waals surface area contributed by atoms with Crippen LogP contribution in [0.25, 0.3) is 0 Å². The van der Waals surface area contributed by atoms with Gasteiger partial charge in [0, 0.05) is 38.4 Å². The third-order valence-electron chi connectivity index (χ3n) is 4.00. The van der Waals surface area contributed by atoms with Gasteiger partial charge >= 0.3 is 5.97 Å². The molecule has 0 atom stereocenters. The molecule has 0 N–H and O–H groups in total. The number of aromatic nitrogens is 2. The molecular weight excluding hydrogens is 324 g/mol. The number of carbonyl (C=O) groups excluding carboxylic acids is 2.